The van der Waals surface area contributed by atoms with Crippen molar-refractivity contribution in [2.75, 3.05) is 7.11 Å². The Morgan fingerprint density at radius 3 is 2.67 bits per heavy atom. The Labute approximate surface area is 101 Å². The number of hydrogen-bond acceptors (Lipinski definition) is 7. The number of carboxylic acid groups (broad SMARTS) is 1. The molecule has 0 bridgehead atoms. The van der Waals surface area contributed by atoms with Crippen molar-refractivity contribution in [3.05, 3.63) is 11.4 Å². The minimum absolute atomic E-state index is 0.0857. The molecule has 0 aliphatic rings. The molecule has 0 radical (unpaired) electrons. The topological polar surface area (TPSA) is 149 Å². The molecule has 0 saturated carbocycles. The Morgan fingerprint density at radius 1 is 1.50 bits per heavy atom. The third-order valence-electron chi connectivity index (χ3n) is 1.95. The molecule has 10 nitrogen and oxygen atoms in total. The second kappa shape index (κ2) is 5.72. The van der Waals surface area contributed by atoms with Crippen molar-refractivity contribution in [2.24, 2.45) is 5.73 Å². The Bertz CT molecular complexity index is 482. The average molecular weight is 257 g/mol. The number of carbonyl (C=O) groups excluding carboxylic acids is 2. The summed E-state index contributed by atoms with van der Waals surface area (Å²) in [6.45, 7) is -0.540. The van der Waals surface area contributed by atoms with Gasteiger partial charge in [0.25, 0.3) is 5.91 Å². The molecule has 1 aromatic heterocycles. The van der Waals surface area contributed by atoms with Crippen LogP contribution in [0.3, 0.4) is 0 Å². The molecule has 1 aromatic rings. The first-order chi connectivity index (χ1) is 8.49. The number of nitrogens with zero attached hydrogens (tertiary/aromatic N) is 3. The molecule has 10 heteroatoms. The lowest BCUT2D eigenvalue weighted by Gasteiger charge is -2.05. The van der Waals surface area contributed by atoms with Crippen molar-refractivity contribution >= 4 is 18.0 Å². The minimum Gasteiger partial charge on any atom is -0.476 e. The van der Waals surface area contributed by atoms with Crippen molar-refractivity contribution in [1.29, 1.82) is 0 Å². The number of nitrogens with two attached hydrogens (primary N) is 1. The normalized spacial score (nSPS) is 9.89. The van der Waals surface area contributed by atoms with Crippen LogP contribution >= 0.6 is 0 Å². The van der Waals surface area contributed by atoms with Crippen LogP contribution in [0.25, 0.3) is 0 Å². The summed E-state index contributed by atoms with van der Waals surface area (Å²) >= 11 is 0. The Hall–Kier alpha value is -2.49. The number of aromatic nitrogens is 3. The highest BCUT2D eigenvalue weighted by Gasteiger charge is 2.19. The fraction of sp³-hybridized carbons (Fsp3) is 0.375. The van der Waals surface area contributed by atoms with E-state index in [9.17, 15) is 14.4 Å². The summed E-state index contributed by atoms with van der Waals surface area (Å²) in [4.78, 5) is 32.9. The Kier molecular flexibility index (Phi) is 4.32. The van der Waals surface area contributed by atoms with Gasteiger partial charge in [0.05, 0.1) is 12.8 Å². The molecule has 0 aliphatic carbocycles. The second-order valence-electron chi connectivity index (χ2n) is 3.09. The maximum absolute atomic E-state index is 11.3. The van der Waals surface area contributed by atoms with Crippen molar-refractivity contribution in [2.45, 2.75) is 13.1 Å². The summed E-state index contributed by atoms with van der Waals surface area (Å²) in [5, 5.41) is 17.5. The zero-order chi connectivity index (χ0) is 13.7. The van der Waals surface area contributed by atoms with Gasteiger partial charge in [0.2, 0.25) is 0 Å². The van der Waals surface area contributed by atoms with Gasteiger partial charge >= 0.3 is 12.1 Å². The van der Waals surface area contributed by atoms with Crippen molar-refractivity contribution < 1.29 is 24.2 Å². The molecule has 0 fully saturated rings. The number of alkyl carbamates (subject to hydrolysis) is 1. The first kappa shape index (κ1) is 13.6. The predicted octanol–water partition coefficient (Wildman–Crippen LogP) is -1.68. The fourth-order valence-electron chi connectivity index (χ4n) is 1.17. The lowest BCUT2D eigenvalue weighted by atomic mass is 10.3. The third kappa shape index (κ3) is 3.01. The van der Waals surface area contributed by atoms with E-state index in [2.05, 4.69) is 15.0 Å². The van der Waals surface area contributed by atoms with Crippen LogP contribution in [0.15, 0.2) is 0 Å². The highest BCUT2D eigenvalue weighted by atomic mass is 16.5. The molecule has 0 spiro atoms. The number of nitrogens with one attached hydrogen (secondary N) is 1. The van der Waals surface area contributed by atoms with Crippen LogP contribution in [-0.4, -0.2) is 45.2 Å². The van der Waals surface area contributed by atoms with Crippen LogP contribution in [0.5, 0.6) is 0 Å². The van der Waals surface area contributed by atoms with Gasteiger partial charge < -0.3 is 15.6 Å². The number of carbonyl (C=O) groups is 3. The first-order valence-electron chi connectivity index (χ1n) is 4.73. The number of rotatable bonds is 4. The van der Waals surface area contributed by atoms with Gasteiger partial charge in [0.15, 0.2) is 5.69 Å². The van der Waals surface area contributed by atoms with Gasteiger partial charge in [-0.1, -0.05) is 5.21 Å². The molecule has 1 rings (SSSR count). The summed E-state index contributed by atoms with van der Waals surface area (Å²) in [7, 11) is 1.10. The van der Waals surface area contributed by atoms with Crippen molar-refractivity contribution in [3.63, 3.8) is 0 Å². The molecule has 0 saturated heterocycles. The van der Waals surface area contributed by atoms with E-state index in [-0.39, 0.29) is 24.5 Å². The number of imide groups is 1. The number of ether oxygens (including phenoxy) is 1. The van der Waals surface area contributed by atoms with Gasteiger partial charge in [0.1, 0.15) is 6.54 Å². The van der Waals surface area contributed by atoms with Crippen LogP contribution in [0.1, 0.15) is 16.2 Å². The predicted molar refractivity (Wildman–Crippen MR) is 55.4 cm³/mol. The van der Waals surface area contributed by atoms with Gasteiger partial charge in [-0.2, -0.15) is 0 Å². The second-order valence-corrected chi connectivity index (χ2v) is 3.09. The number of hydrogen-bond donors (Lipinski definition) is 3. The van der Waals surface area contributed by atoms with Gasteiger partial charge in [-0.25, -0.2) is 14.3 Å². The van der Waals surface area contributed by atoms with E-state index in [4.69, 9.17) is 10.8 Å². The molecule has 0 aromatic carbocycles. The lowest BCUT2D eigenvalue weighted by molar-refractivity contribution is -0.121. The molecule has 0 atom stereocenters. The van der Waals surface area contributed by atoms with Gasteiger partial charge in [0, 0.05) is 6.54 Å². The highest BCUT2D eigenvalue weighted by Crippen LogP contribution is 2.04. The summed E-state index contributed by atoms with van der Waals surface area (Å²) in [6, 6.07) is 0. The van der Waals surface area contributed by atoms with Crippen molar-refractivity contribution in [1.82, 2.24) is 20.3 Å². The minimum atomic E-state index is -1.30. The Balaban J connectivity index is 2.82. The van der Waals surface area contributed by atoms with Crippen LogP contribution in [0.4, 0.5) is 4.79 Å². The van der Waals surface area contributed by atoms with Crippen LogP contribution in [0, 0.1) is 0 Å². The van der Waals surface area contributed by atoms with E-state index in [1.807, 2.05) is 5.32 Å². The van der Waals surface area contributed by atoms with Crippen molar-refractivity contribution in [3.8, 4) is 0 Å². The standard InChI is InChI=1S/C8H11N5O5/c1-18-8(17)10-5(14)3-13-4(2-9)6(7(15)16)11-12-13/h2-3,9H2,1H3,(H,15,16)(H,10,14,17). The highest BCUT2D eigenvalue weighted by molar-refractivity contribution is 5.91. The smallest absolute Gasteiger partial charge is 0.413 e. The number of carboxylic acids is 1. The summed E-state index contributed by atoms with van der Waals surface area (Å²) in [6.07, 6.45) is -0.923. The number of amides is 2. The Morgan fingerprint density at radius 2 is 2.17 bits per heavy atom. The summed E-state index contributed by atoms with van der Waals surface area (Å²) < 4.78 is 5.23. The largest absolute Gasteiger partial charge is 0.476 e. The van der Waals surface area contributed by atoms with E-state index in [1.54, 1.807) is 0 Å². The van der Waals surface area contributed by atoms with E-state index in [0.717, 1.165) is 11.8 Å². The van der Waals surface area contributed by atoms with E-state index >= 15 is 0 Å². The first-order valence-corrected chi connectivity index (χ1v) is 4.73. The quantitative estimate of drug-likeness (QED) is 0.578. The van der Waals surface area contributed by atoms with Crippen LogP contribution in [-0.2, 0) is 22.6 Å². The molecule has 4 N–H and O–H groups in total. The summed E-state index contributed by atoms with van der Waals surface area (Å²) in [5.74, 6) is -2.02. The lowest BCUT2D eigenvalue weighted by Crippen LogP contribution is -2.34. The fourth-order valence-corrected chi connectivity index (χ4v) is 1.17. The van der Waals surface area contributed by atoms with E-state index in [1.165, 1.54) is 0 Å². The maximum Gasteiger partial charge on any atom is 0.413 e. The van der Waals surface area contributed by atoms with Crippen LogP contribution in [0.2, 0.25) is 0 Å². The summed E-state index contributed by atoms with van der Waals surface area (Å²) in [5.41, 5.74) is 5.10. The number of methoxy groups -OCH3 is 1. The molecule has 1 heterocycles. The molecule has 98 valence electrons. The molecule has 0 aliphatic heterocycles. The van der Waals surface area contributed by atoms with Gasteiger partial charge in [-0.05, 0) is 0 Å². The molecule has 18 heavy (non-hydrogen) atoms. The van der Waals surface area contributed by atoms with Gasteiger partial charge in [-0.3, -0.25) is 10.1 Å². The average Bonchev–Trinajstić information content (AvgIpc) is 2.71. The maximum atomic E-state index is 11.3. The zero-order valence-corrected chi connectivity index (χ0v) is 9.41. The third-order valence-corrected chi connectivity index (χ3v) is 1.95. The SMILES string of the molecule is COC(=O)NC(=O)Cn1nnc(C(=O)O)c1CN. The van der Waals surface area contributed by atoms with E-state index in [0.29, 0.717) is 0 Å². The monoisotopic (exact) mass is 257 g/mol. The number of aromatic carboxylic acids is 1. The van der Waals surface area contributed by atoms with Crippen LogP contribution < -0.4 is 11.1 Å². The molecule has 0 unspecified atom stereocenters. The van der Waals surface area contributed by atoms with Gasteiger partial charge in [-0.15, -0.1) is 5.10 Å². The van der Waals surface area contributed by atoms with E-state index < -0.39 is 18.0 Å². The molecular weight excluding hydrogens is 246 g/mol. The molecule has 2 amide bonds. The zero-order valence-electron chi connectivity index (χ0n) is 9.41. The molecular formula is C8H11N5O5.